The van der Waals surface area contributed by atoms with Gasteiger partial charge in [-0.1, -0.05) is 71.0 Å². The number of nitrogens with zero attached hydrogens (tertiary/aromatic N) is 6. The minimum Gasteiger partial charge on any atom is -0.337 e. The lowest BCUT2D eigenvalue weighted by atomic mass is 8.92. The number of aromatic nitrogens is 4. The molecule has 2 aromatic carbocycles. The predicted molar refractivity (Wildman–Crippen MR) is 170 cm³/mol. The summed E-state index contributed by atoms with van der Waals surface area (Å²) in [5, 5.41) is 8.32. The molecule has 12 rings (SSSR count). The van der Waals surface area contributed by atoms with E-state index >= 15 is 0 Å². The molecule has 8 aliphatic rings. The fourth-order valence-corrected chi connectivity index (χ4v) is 12.2. The van der Waals surface area contributed by atoms with Gasteiger partial charge in [-0.05, 0) is 59.5 Å². The van der Waals surface area contributed by atoms with E-state index in [9.17, 15) is 18.4 Å². The molecule has 4 aromatic rings. The highest BCUT2D eigenvalue weighted by molar-refractivity contribution is 6.00. The Kier molecular flexibility index (Phi) is 5.89. The summed E-state index contributed by atoms with van der Waals surface area (Å²) in [5.41, 5.74) is 1.35. The van der Waals surface area contributed by atoms with Gasteiger partial charge >= 0.3 is 0 Å². The lowest BCUT2D eigenvalue weighted by Gasteiger charge is -3.09. The number of rotatable bonds is 10. The van der Waals surface area contributed by atoms with E-state index in [1.807, 2.05) is 60.7 Å². The molecule has 2 aromatic heterocycles. The maximum absolute atomic E-state index is 15.0. The predicted octanol–water partition coefficient (Wildman–Crippen LogP) is 4.68. The van der Waals surface area contributed by atoms with Crippen molar-refractivity contribution in [3.8, 4) is 0 Å². The van der Waals surface area contributed by atoms with Crippen molar-refractivity contribution in [2.75, 3.05) is 13.1 Å². The average molecular weight is 679 g/mol. The van der Waals surface area contributed by atoms with Gasteiger partial charge in [0.15, 0.2) is 11.6 Å². The standard InChI is InChI=1S/C38H36F2N6O4/c39-21-15-23(33-41-25(43-49-33)13-11-19-7-3-1-4-8-19)45(17-21)35(47)37-27-30-28(37)32-29(37)31(27)38(30,32)36(48)46-18-22(40)16-24(46)34-42-26(44-50-34)14-12-20-9-5-2-6-10-20/h1-10,21-24,27-32H,11-18H2/t21-,22-,23+,24+,27?,28?,29?,30?,31?,32?,37?,38?/m1/s1. The number of carbonyl (C=O) groups is 2. The van der Waals surface area contributed by atoms with E-state index in [2.05, 4.69) is 20.3 Å². The third-order valence-corrected chi connectivity index (χ3v) is 13.9. The molecule has 2 saturated heterocycles. The number of benzene rings is 2. The number of carbonyl (C=O) groups excluding carboxylic acids is 2. The van der Waals surface area contributed by atoms with Crippen LogP contribution in [0.5, 0.6) is 0 Å². The molecule has 6 aliphatic carbocycles. The monoisotopic (exact) mass is 678 g/mol. The molecule has 2 aliphatic heterocycles. The molecular weight excluding hydrogens is 642 g/mol. The van der Waals surface area contributed by atoms with Gasteiger partial charge in [0.1, 0.15) is 24.4 Å². The lowest BCUT2D eigenvalue weighted by molar-refractivity contribution is -0.626. The second kappa shape index (κ2) is 10.1. The van der Waals surface area contributed by atoms with E-state index in [1.54, 1.807) is 9.80 Å². The molecular formula is C38H36F2N6O4. The molecule has 12 heteroatoms. The smallest absolute Gasteiger partial charge is 0.249 e. The molecule has 0 bridgehead atoms. The van der Waals surface area contributed by atoms with Crippen LogP contribution in [-0.2, 0) is 35.3 Å². The molecule has 0 unspecified atom stereocenters. The first kappa shape index (κ1) is 29.3. The summed E-state index contributed by atoms with van der Waals surface area (Å²) in [6.45, 7) is 0.0438. The van der Waals surface area contributed by atoms with Gasteiger partial charge in [-0.25, -0.2) is 8.78 Å². The fraction of sp³-hybridized carbons (Fsp3) is 0.526. The summed E-state index contributed by atoms with van der Waals surface area (Å²) in [6, 6.07) is 18.9. The van der Waals surface area contributed by atoms with Crippen LogP contribution in [0.4, 0.5) is 8.78 Å². The number of halogens is 2. The molecule has 8 fully saturated rings. The summed E-state index contributed by atoms with van der Waals surface area (Å²) >= 11 is 0. The van der Waals surface area contributed by atoms with Crippen LogP contribution in [-0.4, -0.2) is 67.3 Å². The quantitative estimate of drug-likeness (QED) is 0.237. The van der Waals surface area contributed by atoms with Crippen molar-refractivity contribution < 1.29 is 27.4 Å². The van der Waals surface area contributed by atoms with E-state index in [0.29, 0.717) is 36.3 Å². The Morgan fingerprint density at radius 3 is 1.38 bits per heavy atom. The van der Waals surface area contributed by atoms with Gasteiger partial charge in [-0.3, -0.25) is 9.59 Å². The Bertz CT molecular complexity index is 1820. The van der Waals surface area contributed by atoms with E-state index in [4.69, 9.17) is 9.05 Å². The van der Waals surface area contributed by atoms with Gasteiger partial charge in [0.25, 0.3) is 0 Å². The van der Waals surface area contributed by atoms with Crippen LogP contribution < -0.4 is 0 Å². The van der Waals surface area contributed by atoms with Gasteiger partial charge in [-0.15, -0.1) is 0 Å². The first-order valence-electron chi connectivity index (χ1n) is 18.1. The summed E-state index contributed by atoms with van der Waals surface area (Å²) in [6.07, 6.45) is 0.664. The highest BCUT2D eigenvalue weighted by Crippen LogP contribution is 3.10. The summed E-state index contributed by atoms with van der Waals surface area (Å²) in [5.74, 6) is 2.51. The highest BCUT2D eigenvalue weighted by Gasteiger charge is 3.13. The molecule has 2 amide bonds. The number of aryl methyl sites for hydroxylation is 4. The van der Waals surface area contributed by atoms with Crippen LogP contribution in [0.1, 0.15) is 59.5 Å². The van der Waals surface area contributed by atoms with Crippen LogP contribution >= 0.6 is 0 Å². The molecule has 10 nitrogen and oxygen atoms in total. The van der Waals surface area contributed by atoms with Crippen molar-refractivity contribution in [3.05, 3.63) is 95.2 Å². The summed E-state index contributed by atoms with van der Waals surface area (Å²) < 4.78 is 41.2. The van der Waals surface area contributed by atoms with Crippen LogP contribution in [0.2, 0.25) is 0 Å². The van der Waals surface area contributed by atoms with E-state index in [1.165, 1.54) is 11.1 Å². The van der Waals surface area contributed by atoms with Crippen molar-refractivity contribution >= 4 is 11.8 Å². The Morgan fingerprint density at radius 1 is 0.620 bits per heavy atom. The molecule has 6 saturated carbocycles. The summed E-state index contributed by atoms with van der Waals surface area (Å²) in [4.78, 5) is 41.2. The topological polar surface area (TPSA) is 118 Å². The molecule has 0 N–H and O–H groups in total. The zero-order valence-corrected chi connectivity index (χ0v) is 27.3. The largest absolute Gasteiger partial charge is 0.337 e. The zero-order chi connectivity index (χ0) is 33.5. The summed E-state index contributed by atoms with van der Waals surface area (Å²) in [7, 11) is 0. The third kappa shape index (κ3) is 3.43. The maximum Gasteiger partial charge on any atom is 0.249 e. The number of likely N-dealkylation sites (tertiary alicyclic amines) is 2. The highest BCUT2D eigenvalue weighted by atomic mass is 19.1. The normalized spacial score (nSPS) is 39.2. The molecule has 0 spiro atoms. The van der Waals surface area contributed by atoms with Crippen LogP contribution in [0.15, 0.2) is 69.7 Å². The van der Waals surface area contributed by atoms with Crippen LogP contribution in [0, 0.1) is 46.3 Å². The number of amides is 2. The van der Waals surface area contributed by atoms with Crippen molar-refractivity contribution in [2.24, 2.45) is 46.3 Å². The number of alkyl halides is 2. The third-order valence-electron chi connectivity index (χ3n) is 13.9. The van der Waals surface area contributed by atoms with Crippen LogP contribution in [0.25, 0.3) is 0 Å². The van der Waals surface area contributed by atoms with E-state index in [0.717, 1.165) is 12.8 Å². The van der Waals surface area contributed by atoms with Gasteiger partial charge in [0.2, 0.25) is 23.6 Å². The molecule has 50 heavy (non-hydrogen) atoms. The van der Waals surface area contributed by atoms with Crippen molar-refractivity contribution in [3.63, 3.8) is 0 Å². The van der Waals surface area contributed by atoms with Crippen LogP contribution in [0.3, 0.4) is 0 Å². The van der Waals surface area contributed by atoms with Gasteiger partial charge in [0.05, 0.1) is 23.9 Å². The zero-order valence-electron chi connectivity index (χ0n) is 27.3. The Labute approximate surface area is 286 Å². The lowest BCUT2D eigenvalue weighted by Crippen LogP contribution is -3.12. The fourth-order valence-electron chi connectivity index (χ4n) is 12.2. The Hall–Kier alpha value is -4.48. The first-order valence-corrected chi connectivity index (χ1v) is 18.1. The Morgan fingerprint density at radius 2 is 1.00 bits per heavy atom. The number of hydrogen-bond donors (Lipinski definition) is 0. The number of hydrogen-bond acceptors (Lipinski definition) is 8. The molecule has 0 radical (unpaired) electrons. The molecule has 4 heterocycles. The SMILES string of the molecule is O=C(N1C[C@H](F)C[C@H]1c1nc(CCc2ccccc2)no1)C12C3C4C1C1C2C3C41C(=O)N1C[C@H](F)C[C@H]1c1nc(CCc2ccccc2)no1. The first-order chi connectivity index (χ1) is 24.4. The van der Waals surface area contributed by atoms with Gasteiger partial charge in [-0.2, -0.15) is 9.97 Å². The van der Waals surface area contributed by atoms with E-state index < -0.39 is 35.3 Å². The molecule has 256 valence electrons. The minimum absolute atomic E-state index is 0.00653. The minimum atomic E-state index is -1.16. The van der Waals surface area contributed by atoms with E-state index in [-0.39, 0.29) is 73.3 Å². The average Bonchev–Trinajstić information content (AvgIpc) is 3.97. The second-order valence-electron chi connectivity index (χ2n) is 15.7. The van der Waals surface area contributed by atoms with Crippen molar-refractivity contribution in [1.29, 1.82) is 0 Å². The van der Waals surface area contributed by atoms with Crippen molar-refractivity contribution in [2.45, 2.75) is 63.0 Å². The maximum atomic E-state index is 15.0. The van der Waals surface area contributed by atoms with Crippen molar-refractivity contribution in [1.82, 2.24) is 30.1 Å². The second-order valence-corrected chi connectivity index (χ2v) is 15.7. The molecule has 4 atom stereocenters. The Balaban J connectivity index is 0.773. The van der Waals surface area contributed by atoms with Gasteiger partial charge in [0, 0.05) is 25.7 Å². The van der Waals surface area contributed by atoms with Gasteiger partial charge < -0.3 is 18.8 Å².